The Labute approximate surface area is 189 Å². The van der Waals surface area contributed by atoms with Crippen molar-refractivity contribution in [2.45, 2.75) is 59.2 Å². The molecule has 1 aliphatic rings. The Morgan fingerprint density at radius 2 is 2.06 bits per heavy atom. The Balaban J connectivity index is 1.50. The van der Waals surface area contributed by atoms with Crippen molar-refractivity contribution in [1.29, 1.82) is 0 Å². The molecule has 4 rings (SSSR count). The number of rotatable bonds is 6. The first kappa shape index (κ1) is 22.2. The minimum absolute atomic E-state index is 0.131. The maximum absolute atomic E-state index is 13.1. The quantitative estimate of drug-likeness (QED) is 0.634. The van der Waals surface area contributed by atoms with E-state index in [1.807, 2.05) is 29.1 Å². The molecule has 1 aliphatic heterocycles. The van der Waals surface area contributed by atoms with Crippen LogP contribution < -0.4 is 10.2 Å². The molecule has 3 aromatic heterocycles. The molecule has 8 heteroatoms. The van der Waals surface area contributed by atoms with Crippen LogP contribution in [0.1, 0.15) is 68.2 Å². The SMILES string of the molecule is CC1CN(c2ccc(CNC(=O)c3cc(C(C)C)nc4c3cnn4C(C)C)cn2)CCO1. The predicted octanol–water partition coefficient (Wildman–Crippen LogP) is 3.69. The van der Waals surface area contributed by atoms with Gasteiger partial charge in [0.05, 0.1) is 29.9 Å². The van der Waals surface area contributed by atoms with Gasteiger partial charge in [0.15, 0.2) is 5.65 Å². The van der Waals surface area contributed by atoms with Gasteiger partial charge < -0.3 is 15.0 Å². The number of fused-ring (bicyclic) bond motifs is 1. The largest absolute Gasteiger partial charge is 0.375 e. The summed E-state index contributed by atoms with van der Waals surface area (Å²) in [4.78, 5) is 24.7. The summed E-state index contributed by atoms with van der Waals surface area (Å²) in [7, 11) is 0. The molecule has 1 fully saturated rings. The number of amides is 1. The van der Waals surface area contributed by atoms with Crippen LogP contribution in [0, 0.1) is 0 Å². The van der Waals surface area contributed by atoms with Gasteiger partial charge in [-0.2, -0.15) is 5.10 Å². The lowest BCUT2D eigenvalue weighted by molar-refractivity contribution is 0.0529. The summed E-state index contributed by atoms with van der Waals surface area (Å²) in [6.07, 6.45) is 3.77. The minimum Gasteiger partial charge on any atom is -0.375 e. The summed E-state index contributed by atoms with van der Waals surface area (Å²) in [6, 6.07) is 6.07. The van der Waals surface area contributed by atoms with Crippen LogP contribution >= 0.6 is 0 Å². The molecule has 170 valence electrons. The van der Waals surface area contributed by atoms with E-state index in [9.17, 15) is 4.79 Å². The van der Waals surface area contributed by atoms with Crippen molar-refractivity contribution in [3.05, 3.63) is 47.4 Å². The number of ether oxygens (including phenoxy) is 1. The average molecular weight is 437 g/mol. The highest BCUT2D eigenvalue weighted by atomic mass is 16.5. The van der Waals surface area contributed by atoms with Crippen molar-refractivity contribution in [3.63, 3.8) is 0 Å². The smallest absolute Gasteiger partial charge is 0.252 e. The highest BCUT2D eigenvalue weighted by Crippen LogP contribution is 2.24. The third-order valence-corrected chi connectivity index (χ3v) is 5.74. The molecule has 32 heavy (non-hydrogen) atoms. The standard InChI is InChI=1S/C24H32N6O2/c1-15(2)21-10-19(20-13-27-30(16(3)4)23(20)28-21)24(31)26-12-18-6-7-22(25-11-18)29-8-9-32-17(5)14-29/h6-7,10-11,13,15-17H,8-9,12,14H2,1-5H3,(H,26,31). The highest BCUT2D eigenvalue weighted by molar-refractivity contribution is 6.05. The first-order chi connectivity index (χ1) is 15.3. The second-order valence-corrected chi connectivity index (χ2v) is 9.00. The molecule has 0 aromatic carbocycles. The van der Waals surface area contributed by atoms with Crippen molar-refractivity contribution in [2.24, 2.45) is 0 Å². The van der Waals surface area contributed by atoms with Crippen LogP contribution in [-0.4, -0.2) is 51.5 Å². The fourth-order valence-corrected chi connectivity index (χ4v) is 3.91. The van der Waals surface area contributed by atoms with Crippen molar-refractivity contribution in [3.8, 4) is 0 Å². The maximum Gasteiger partial charge on any atom is 0.252 e. The van der Waals surface area contributed by atoms with Gasteiger partial charge in [0.2, 0.25) is 0 Å². The van der Waals surface area contributed by atoms with E-state index in [1.54, 1.807) is 6.20 Å². The van der Waals surface area contributed by atoms with Gasteiger partial charge in [0.25, 0.3) is 5.91 Å². The number of hydrogen-bond acceptors (Lipinski definition) is 6. The van der Waals surface area contributed by atoms with Crippen molar-refractivity contribution in [2.75, 3.05) is 24.6 Å². The molecule has 0 saturated carbocycles. The Kier molecular flexibility index (Phi) is 6.41. The molecule has 0 aliphatic carbocycles. The second kappa shape index (κ2) is 9.24. The third-order valence-electron chi connectivity index (χ3n) is 5.74. The number of aromatic nitrogens is 4. The predicted molar refractivity (Wildman–Crippen MR) is 125 cm³/mol. The van der Waals surface area contributed by atoms with E-state index in [0.29, 0.717) is 18.7 Å². The zero-order valence-electron chi connectivity index (χ0n) is 19.5. The Morgan fingerprint density at radius 1 is 1.25 bits per heavy atom. The zero-order valence-corrected chi connectivity index (χ0v) is 19.5. The fourth-order valence-electron chi connectivity index (χ4n) is 3.91. The summed E-state index contributed by atoms with van der Waals surface area (Å²) in [5, 5.41) is 8.28. The molecule has 1 saturated heterocycles. The Morgan fingerprint density at radius 3 is 2.72 bits per heavy atom. The third kappa shape index (κ3) is 4.60. The van der Waals surface area contributed by atoms with Crippen LogP contribution in [0.25, 0.3) is 11.0 Å². The minimum atomic E-state index is -0.131. The van der Waals surface area contributed by atoms with E-state index in [2.05, 4.69) is 54.9 Å². The molecule has 0 bridgehead atoms. The first-order valence-electron chi connectivity index (χ1n) is 11.3. The fraction of sp³-hybridized carbons (Fsp3) is 0.500. The van der Waals surface area contributed by atoms with Crippen LogP contribution in [0.15, 0.2) is 30.6 Å². The average Bonchev–Trinajstić information content (AvgIpc) is 3.21. The van der Waals surface area contributed by atoms with Crippen LogP contribution in [0.2, 0.25) is 0 Å². The molecule has 1 unspecified atom stereocenters. The number of anilines is 1. The maximum atomic E-state index is 13.1. The van der Waals surface area contributed by atoms with E-state index in [4.69, 9.17) is 9.72 Å². The van der Waals surface area contributed by atoms with E-state index >= 15 is 0 Å². The lowest BCUT2D eigenvalue weighted by Crippen LogP contribution is -2.41. The Bertz CT molecular complexity index is 1090. The van der Waals surface area contributed by atoms with Gasteiger partial charge in [-0.15, -0.1) is 0 Å². The van der Waals surface area contributed by atoms with Gasteiger partial charge in [-0.05, 0) is 44.4 Å². The van der Waals surface area contributed by atoms with Gasteiger partial charge in [0.1, 0.15) is 5.82 Å². The molecular formula is C24H32N6O2. The van der Waals surface area contributed by atoms with E-state index in [1.165, 1.54) is 0 Å². The molecule has 3 aromatic rings. The number of carbonyl (C=O) groups is 1. The van der Waals surface area contributed by atoms with Gasteiger partial charge in [-0.25, -0.2) is 14.6 Å². The van der Waals surface area contributed by atoms with E-state index < -0.39 is 0 Å². The molecule has 0 spiro atoms. The molecule has 1 amide bonds. The summed E-state index contributed by atoms with van der Waals surface area (Å²) in [5.41, 5.74) is 3.20. The molecular weight excluding hydrogens is 404 g/mol. The number of pyridine rings is 2. The molecule has 1 atom stereocenters. The number of morpholine rings is 1. The number of nitrogens with zero attached hydrogens (tertiary/aromatic N) is 5. The summed E-state index contributed by atoms with van der Waals surface area (Å²) >= 11 is 0. The first-order valence-corrected chi connectivity index (χ1v) is 11.3. The molecule has 0 radical (unpaired) electrons. The van der Waals surface area contributed by atoms with E-state index in [0.717, 1.165) is 41.2 Å². The number of nitrogens with one attached hydrogen (secondary N) is 1. The van der Waals surface area contributed by atoms with E-state index in [-0.39, 0.29) is 24.0 Å². The number of hydrogen-bond donors (Lipinski definition) is 1. The molecule has 1 N–H and O–H groups in total. The van der Waals surface area contributed by atoms with Crippen molar-refractivity contribution >= 4 is 22.8 Å². The lowest BCUT2D eigenvalue weighted by Gasteiger charge is -2.32. The molecule has 4 heterocycles. The second-order valence-electron chi connectivity index (χ2n) is 9.00. The van der Waals surface area contributed by atoms with Crippen LogP contribution in [0.3, 0.4) is 0 Å². The number of carbonyl (C=O) groups excluding carboxylic acids is 1. The molecule has 8 nitrogen and oxygen atoms in total. The van der Waals surface area contributed by atoms with Crippen molar-refractivity contribution in [1.82, 2.24) is 25.1 Å². The normalized spacial score (nSPS) is 16.8. The van der Waals surface area contributed by atoms with Crippen LogP contribution in [0.5, 0.6) is 0 Å². The van der Waals surface area contributed by atoms with Crippen LogP contribution in [-0.2, 0) is 11.3 Å². The Hall–Kier alpha value is -3.00. The van der Waals surface area contributed by atoms with Crippen molar-refractivity contribution < 1.29 is 9.53 Å². The summed E-state index contributed by atoms with van der Waals surface area (Å²) in [6.45, 7) is 13.1. The topological polar surface area (TPSA) is 85.2 Å². The van der Waals surface area contributed by atoms with Gasteiger partial charge >= 0.3 is 0 Å². The highest BCUT2D eigenvalue weighted by Gasteiger charge is 2.20. The van der Waals surface area contributed by atoms with Gasteiger partial charge in [0, 0.05) is 37.6 Å². The lowest BCUT2D eigenvalue weighted by atomic mass is 10.0. The zero-order chi connectivity index (χ0) is 22.8. The van der Waals surface area contributed by atoms with Gasteiger partial charge in [-0.3, -0.25) is 4.79 Å². The van der Waals surface area contributed by atoms with Gasteiger partial charge in [-0.1, -0.05) is 19.9 Å². The summed E-state index contributed by atoms with van der Waals surface area (Å²) in [5.74, 6) is 1.02. The van der Waals surface area contributed by atoms with Crippen LogP contribution in [0.4, 0.5) is 5.82 Å². The summed E-state index contributed by atoms with van der Waals surface area (Å²) < 4.78 is 7.47. The monoisotopic (exact) mass is 436 g/mol.